The molecule has 7 heteroatoms. The summed E-state index contributed by atoms with van der Waals surface area (Å²) in [6, 6.07) is 1.57. The molecule has 0 spiro atoms. The summed E-state index contributed by atoms with van der Waals surface area (Å²) in [5.41, 5.74) is 5.78. The monoisotopic (exact) mass is 304 g/mol. The molecule has 3 heterocycles. The van der Waals surface area contributed by atoms with Crippen molar-refractivity contribution < 1.29 is 9.59 Å². The zero-order valence-electron chi connectivity index (χ0n) is 11.7. The highest BCUT2D eigenvalue weighted by molar-refractivity contribution is 7.80. The highest BCUT2D eigenvalue weighted by atomic mass is 32.1. The number of piperidine rings is 1. The number of pyridine rings is 1. The first-order chi connectivity index (χ1) is 9.97. The molecule has 6 nitrogen and oxygen atoms in total. The van der Waals surface area contributed by atoms with E-state index in [0.29, 0.717) is 24.0 Å². The van der Waals surface area contributed by atoms with Crippen LogP contribution in [0.1, 0.15) is 33.6 Å². The number of carbonyl (C=O) groups is 2. The minimum Gasteiger partial charge on any atom is -0.391 e. The number of rotatable bonds is 2. The summed E-state index contributed by atoms with van der Waals surface area (Å²) in [5.74, 6) is -0.671. The van der Waals surface area contributed by atoms with E-state index >= 15 is 0 Å². The highest BCUT2D eigenvalue weighted by Crippen LogP contribution is 2.36. The second-order valence-electron chi connectivity index (χ2n) is 5.57. The summed E-state index contributed by atoms with van der Waals surface area (Å²) in [4.78, 5) is 32.8. The van der Waals surface area contributed by atoms with E-state index in [1.165, 1.54) is 17.3 Å². The molecule has 0 radical (unpaired) electrons. The third kappa shape index (κ3) is 1.96. The predicted octanol–water partition coefficient (Wildman–Crippen LogP) is 0.428. The molecule has 1 saturated heterocycles. The van der Waals surface area contributed by atoms with E-state index in [1.54, 1.807) is 6.07 Å². The van der Waals surface area contributed by atoms with Crippen LogP contribution in [-0.2, 0) is 0 Å². The molecule has 0 atom stereocenters. The Labute approximate surface area is 127 Å². The average molecular weight is 304 g/mol. The lowest BCUT2D eigenvalue weighted by Gasteiger charge is -2.44. The Morgan fingerprint density at radius 1 is 1.29 bits per heavy atom. The summed E-state index contributed by atoms with van der Waals surface area (Å²) >= 11 is 5.22. The van der Waals surface area contributed by atoms with Crippen LogP contribution in [0.25, 0.3) is 0 Å². The van der Waals surface area contributed by atoms with E-state index in [9.17, 15) is 9.59 Å². The predicted molar refractivity (Wildman–Crippen MR) is 81.0 cm³/mol. The van der Waals surface area contributed by atoms with Gasteiger partial charge in [0.05, 0.1) is 16.1 Å². The summed E-state index contributed by atoms with van der Waals surface area (Å²) in [6.07, 6.45) is 4.07. The van der Waals surface area contributed by atoms with Crippen LogP contribution in [0.2, 0.25) is 0 Å². The lowest BCUT2D eigenvalue weighted by molar-refractivity contribution is 0.0421. The fourth-order valence-corrected chi connectivity index (χ4v) is 3.34. The Balaban J connectivity index is 2.05. The van der Waals surface area contributed by atoms with Gasteiger partial charge < -0.3 is 10.6 Å². The van der Waals surface area contributed by atoms with E-state index in [-0.39, 0.29) is 16.8 Å². The van der Waals surface area contributed by atoms with E-state index < -0.39 is 5.54 Å². The number of nitrogens with zero attached hydrogens (tertiary/aromatic N) is 3. The number of amides is 2. The first kappa shape index (κ1) is 14.1. The molecule has 1 aromatic heterocycles. The SMILES string of the molecule is CN1CCC(C(N)=S)(N2C(=O)c3ccncc3C2=O)CC1. The van der Waals surface area contributed by atoms with Crippen LogP contribution in [0.3, 0.4) is 0 Å². The Bertz CT molecular complexity index is 603. The summed E-state index contributed by atoms with van der Waals surface area (Å²) in [6.45, 7) is 1.48. The normalized spacial score (nSPS) is 21.5. The molecular weight excluding hydrogens is 288 g/mol. The van der Waals surface area contributed by atoms with Crippen molar-refractivity contribution in [1.82, 2.24) is 14.8 Å². The molecule has 21 heavy (non-hydrogen) atoms. The lowest BCUT2D eigenvalue weighted by atomic mass is 9.85. The van der Waals surface area contributed by atoms with Gasteiger partial charge in [-0.25, -0.2) is 0 Å². The molecule has 2 aliphatic heterocycles. The molecule has 0 bridgehead atoms. The number of likely N-dealkylation sites (tertiary alicyclic amines) is 1. The fourth-order valence-electron chi connectivity index (χ4n) is 3.04. The van der Waals surface area contributed by atoms with Crippen molar-refractivity contribution in [3.05, 3.63) is 29.6 Å². The average Bonchev–Trinajstić information content (AvgIpc) is 2.73. The molecule has 1 aromatic rings. The van der Waals surface area contributed by atoms with Crippen molar-refractivity contribution in [3.63, 3.8) is 0 Å². The highest BCUT2D eigenvalue weighted by Gasteiger charge is 2.51. The van der Waals surface area contributed by atoms with Crippen molar-refractivity contribution >= 4 is 29.0 Å². The van der Waals surface area contributed by atoms with Gasteiger partial charge in [0.15, 0.2) is 0 Å². The van der Waals surface area contributed by atoms with Gasteiger partial charge >= 0.3 is 0 Å². The van der Waals surface area contributed by atoms with Gasteiger partial charge in [-0.15, -0.1) is 0 Å². The third-order valence-electron chi connectivity index (χ3n) is 4.39. The molecule has 110 valence electrons. The van der Waals surface area contributed by atoms with Crippen LogP contribution in [0, 0.1) is 0 Å². The summed E-state index contributed by atoms with van der Waals surface area (Å²) in [5, 5.41) is 0. The zero-order chi connectivity index (χ0) is 15.2. The topological polar surface area (TPSA) is 79.5 Å². The van der Waals surface area contributed by atoms with Crippen LogP contribution in [0.4, 0.5) is 0 Å². The van der Waals surface area contributed by atoms with Gasteiger partial charge in [0.2, 0.25) is 0 Å². The van der Waals surface area contributed by atoms with Gasteiger partial charge in [-0.1, -0.05) is 12.2 Å². The first-order valence-corrected chi connectivity index (χ1v) is 7.19. The molecule has 0 aromatic carbocycles. The minimum atomic E-state index is -0.866. The standard InChI is InChI=1S/C14H16N4O2S/c1-17-6-3-14(4-7-17,13(15)21)18-11(19)9-2-5-16-8-10(9)12(18)20/h2,5,8H,3-4,6-7H2,1H3,(H2,15,21). The first-order valence-electron chi connectivity index (χ1n) is 6.79. The Hall–Kier alpha value is -1.86. The van der Waals surface area contributed by atoms with E-state index in [4.69, 9.17) is 18.0 Å². The molecule has 1 fully saturated rings. The fraction of sp³-hybridized carbons (Fsp3) is 0.429. The van der Waals surface area contributed by atoms with Crippen LogP contribution < -0.4 is 5.73 Å². The van der Waals surface area contributed by atoms with Gasteiger partial charge in [0.1, 0.15) is 5.54 Å². The van der Waals surface area contributed by atoms with Crippen molar-refractivity contribution in [2.75, 3.05) is 20.1 Å². The van der Waals surface area contributed by atoms with Crippen molar-refractivity contribution in [1.29, 1.82) is 0 Å². The quantitative estimate of drug-likeness (QED) is 0.630. The van der Waals surface area contributed by atoms with Crippen LogP contribution in [-0.4, -0.2) is 57.3 Å². The summed E-state index contributed by atoms with van der Waals surface area (Å²) in [7, 11) is 2.00. The van der Waals surface area contributed by atoms with E-state index in [2.05, 4.69) is 9.88 Å². The molecule has 3 rings (SSSR count). The molecule has 0 aliphatic carbocycles. The number of hydrogen-bond donors (Lipinski definition) is 1. The number of fused-ring (bicyclic) bond motifs is 1. The second-order valence-corrected chi connectivity index (χ2v) is 6.01. The molecular formula is C14H16N4O2S. The van der Waals surface area contributed by atoms with Crippen LogP contribution >= 0.6 is 12.2 Å². The molecule has 0 saturated carbocycles. The number of nitrogens with two attached hydrogens (primary N) is 1. The van der Waals surface area contributed by atoms with Gasteiger partial charge in [0, 0.05) is 25.5 Å². The number of hydrogen-bond acceptors (Lipinski definition) is 5. The van der Waals surface area contributed by atoms with Gasteiger partial charge in [-0.3, -0.25) is 19.5 Å². The Kier molecular flexibility index (Phi) is 3.26. The Morgan fingerprint density at radius 3 is 2.48 bits per heavy atom. The van der Waals surface area contributed by atoms with Crippen LogP contribution in [0.15, 0.2) is 18.5 Å². The van der Waals surface area contributed by atoms with Crippen molar-refractivity contribution in [2.45, 2.75) is 18.4 Å². The van der Waals surface area contributed by atoms with E-state index in [1.807, 2.05) is 7.05 Å². The minimum absolute atomic E-state index is 0.207. The van der Waals surface area contributed by atoms with Crippen LogP contribution in [0.5, 0.6) is 0 Å². The maximum Gasteiger partial charge on any atom is 0.264 e. The lowest BCUT2D eigenvalue weighted by Crippen LogP contribution is -2.63. The van der Waals surface area contributed by atoms with Gasteiger partial charge in [-0.2, -0.15) is 0 Å². The van der Waals surface area contributed by atoms with Crippen molar-refractivity contribution in [3.8, 4) is 0 Å². The number of imide groups is 1. The zero-order valence-corrected chi connectivity index (χ0v) is 12.5. The smallest absolute Gasteiger partial charge is 0.264 e. The summed E-state index contributed by atoms with van der Waals surface area (Å²) < 4.78 is 0. The second kappa shape index (κ2) is 4.85. The molecule has 0 unspecified atom stereocenters. The molecule has 2 N–H and O–H groups in total. The molecule has 2 amide bonds. The Morgan fingerprint density at radius 2 is 1.90 bits per heavy atom. The number of carbonyl (C=O) groups excluding carboxylic acids is 2. The number of thiocarbonyl (C=S) groups is 1. The maximum absolute atomic E-state index is 12.6. The largest absolute Gasteiger partial charge is 0.391 e. The van der Waals surface area contributed by atoms with Gasteiger partial charge in [-0.05, 0) is 26.0 Å². The maximum atomic E-state index is 12.6. The van der Waals surface area contributed by atoms with Gasteiger partial charge in [0.25, 0.3) is 11.8 Å². The third-order valence-corrected chi connectivity index (χ3v) is 4.77. The van der Waals surface area contributed by atoms with Crippen molar-refractivity contribution in [2.24, 2.45) is 5.73 Å². The van der Waals surface area contributed by atoms with E-state index in [0.717, 1.165) is 13.1 Å². The molecule has 2 aliphatic rings. The number of aromatic nitrogens is 1.